The fourth-order valence-corrected chi connectivity index (χ4v) is 3.48. The summed E-state index contributed by atoms with van der Waals surface area (Å²) in [6, 6.07) is 0. The zero-order valence-corrected chi connectivity index (χ0v) is 19.0. The Kier molecular flexibility index (Phi) is 18.9. The zero-order chi connectivity index (χ0) is 21.7. The summed E-state index contributed by atoms with van der Waals surface area (Å²) in [4.78, 5) is 23.5. The van der Waals surface area contributed by atoms with Gasteiger partial charge in [-0.1, -0.05) is 103 Å². The Labute approximate surface area is 178 Å². The van der Waals surface area contributed by atoms with Gasteiger partial charge in [0.25, 0.3) is 0 Å². The summed E-state index contributed by atoms with van der Waals surface area (Å²) < 4.78 is 0. The van der Waals surface area contributed by atoms with E-state index in [0.29, 0.717) is 0 Å². The van der Waals surface area contributed by atoms with Crippen LogP contribution in [-0.2, 0) is 9.59 Å². The average molecular weight is 411 g/mol. The fourth-order valence-electron chi connectivity index (χ4n) is 3.48. The van der Waals surface area contributed by atoms with Gasteiger partial charge >= 0.3 is 0 Å². The maximum Gasteiger partial charge on any atom is 0.243 e. The molecule has 5 N–H and O–H groups in total. The minimum atomic E-state index is -0.555. The van der Waals surface area contributed by atoms with E-state index in [-0.39, 0.29) is 18.2 Å². The maximum atomic E-state index is 12.0. The lowest BCUT2D eigenvalue weighted by Crippen LogP contribution is -2.40. The van der Waals surface area contributed by atoms with E-state index in [1.54, 1.807) is 6.08 Å². The number of nitrogens with one attached hydrogen (secondary N) is 1. The Hall–Kier alpha value is -1.40. The van der Waals surface area contributed by atoms with Crippen molar-refractivity contribution in [3.05, 3.63) is 12.2 Å². The molecule has 0 aromatic carbocycles. The van der Waals surface area contributed by atoms with Crippen LogP contribution < -0.4 is 17.1 Å². The normalized spacial score (nSPS) is 12.3. The van der Waals surface area contributed by atoms with Crippen molar-refractivity contribution in [2.75, 3.05) is 7.05 Å². The minimum absolute atomic E-state index is 0.0200. The van der Waals surface area contributed by atoms with Crippen molar-refractivity contribution < 1.29 is 9.59 Å². The molecule has 0 aromatic heterocycles. The maximum absolute atomic E-state index is 12.0. The van der Waals surface area contributed by atoms with Gasteiger partial charge in [0, 0.05) is 13.5 Å². The molecule has 0 aliphatic rings. The number of unbranched alkanes of at least 4 members (excludes halogenated alkanes) is 14. The Balaban J connectivity index is 3.64. The third-order valence-corrected chi connectivity index (χ3v) is 5.32. The van der Waals surface area contributed by atoms with Gasteiger partial charge in [-0.05, 0) is 12.8 Å². The Morgan fingerprint density at radius 1 is 0.862 bits per heavy atom. The number of hydrogen-bond acceptors (Lipinski definition) is 4. The van der Waals surface area contributed by atoms with Gasteiger partial charge in [0.2, 0.25) is 11.8 Å². The second kappa shape index (κ2) is 19.9. The van der Waals surface area contributed by atoms with E-state index in [1.807, 2.05) is 6.08 Å². The third-order valence-electron chi connectivity index (χ3n) is 5.32. The van der Waals surface area contributed by atoms with Crippen molar-refractivity contribution in [3.63, 3.8) is 0 Å². The number of hydrazine groups is 2. The van der Waals surface area contributed by atoms with Gasteiger partial charge in [-0.15, -0.1) is 0 Å². The lowest BCUT2D eigenvalue weighted by atomic mass is 10.0. The van der Waals surface area contributed by atoms with E-state index >= 15 is 0 Å². The monoisotopic (exact) mass is 410 g/mol. The smallest absolute Gasteiger partial charge is 0.243 e. The molecule has 170 valence electrons. The highest BCUT2D eigenvalue weighted by Gasteiger charge is 2.20. The van der Waals surface area contributed by atoms with E-state index in [0.717, 1.165) is 17.9 Å². The first kappa shape index (κ1) is 27.6. The van der Waals surface area contributed by atoms with E-state index in [4.69, 9.17) is 11.7 Å². The van der Waals surface area contributed by atoms with Crippen molar-refractivity contribution in [1.82, 2.24) is 10.4 Å². The van der Waals surface area contributed by atoms with Gasteiger partial charge < -0.3 is 0 Å². The summed E-state index contributed by atoms with van der Waals surface area (Å²) in [6.45, 7) is 2.27. The number of nitrogens with zero attached hydrogens (tertiary/aromatic N) is 1. The second-order valence-corrected chi connectivity index (χ2v) is 8.14. The molecule has 0 bridgehead atoms. The van der Waals surface area contributed by atoms with Crippen LogP contribution in [0.3, 0.4) is 0 Å². The molecule has 2 amide bonds. The van der Waals surface area contributed by atoms with E-state index in [2.05, 4.69) is 12.3 Å². The van der Waals surface area contributed by atoms with Crippen LogP contribution in [0.2, 0.25) is 0 Å². The molecule has 0 rings (SSSR count). The zero-order valence-electron chi connectivity index (χ0n) is 19.0. The number of carbonyl (C=O) groups excluding carboxylic acids is 2. The molecule has 0 fully saturated rings. The molecular weight excluding hydrogens is 364 g/mol. The summed E-state index contributed by atoms with van der Waals surface area (Å²) in [5, 5.41) is 1.02. The number of allylic oxidation sites excluding steroid dienone is 1. The SMILES string of the molecule is CCCCCCCCCCCCCCCCC=CC(CC(=O)NN)C(=O)N(C)N. The van der Waals surface area contributed by atoms with Crippen LogP contribution in [0, 0.1) is 5.92 Å². The van der Waals surface area contributed by atoms with Crippen LogP contribution in [0.15, 0.2) is 12.2 Å². The standard InChI is InChI=1S/C23H46N4O2/c1-3-4-5-6-7-8-9-10-11-12-13-14-15-16-17-18-19-21(20-22(28)26-24)23(29)27(2)25/h18-19,21H,3-17,20,24-25H2,1-2H3,(H,26,28). The summed E-state index contributed by atoms with van der Waals surface area (Å²) in [6.07, 6.45) is 23.5. The summed E-state index contributed by atoms with van der Waals surface area (Å²) in [7, 11) is 1.48. The molecule has 0 aliphatic carbocycles. The van der Waals surface area contributed by atoms with Crippen LogP contribution in [0.25, 0.3) is 0 Å². The second-order valence-electron chi connectivity index (χ2n) is 8.14. The molecule has 0 saturated heterocycles. The summed E-state index contributed by atoms with van der Waals surface area (Å²) in [5.41, 5.74) is 2.06. The van der Waals surface area contributed by atoms with Crippen molar-refractivity contribution in [1.29, 1.82) is 0 Å². The third kappa shape index (κ3) is 17.2. The van der Waals surface area contributed by atoms with E-state index in [1.165, 1.54) is 90.5 Å². The number of amides is 2. The highest BCUT2D eigenvalue weighted by molar-refractivity contribution is 5.86. The predicted octanol–water partition coefficient (Wildman–Crippen LogP) is 4.74. The molecule has 1 atom stereocenters. The first-order valence-corrected chi connectivity index (χ1v) is 11.7. The molecule has 0 saturated carbocycles. The molecule has 1 unspecified atom stereocenters. The Morgan fingerprint density at radius 2 is 1.31 bits per heavy atom. The van der Waals surface area contributed by atoms with Crippen molar-refractivity contribution in [2.45, 2.75) is 110 Å². The highest BCUT2D eigenvalue weighted by atomic mass is 16.2. The van der Waals surface area contributed by atoms with Crippen LogP contribution in [-0.4, -0.2) is 23.9 Å². The number of carbonyl (C=O) groups is 2. The van der Waals surface area contributed by atoms with Crippen molar-refractivity contribution in [2.24, 2.45) is 17.6 Å². The molecule has 0 spiro atoms. The summed E-state index contributed by atoms with van der Waals surface area (Å²) >= 11 is 0. The van der Waals surface area contributed by atoms with Crippen LogP contribution in [0.5, 0.6) is 0 Å². The number of rotatable bonds is 19. The topological polar surface area (TPSA) is 101 Å². The largest absolute Gasteiger partial charge is 0.294 e. The first-order chi connectivity index (χ1) is 14.0. The van der Waals surface area contributed by atoms with Gasteiger partial charge in [0.15, 0.2) is 0 Å². The first-order valence-electron chi connectivity index (χ1n) is 11.7. The molecule has 0 radical (unpaired) electrons. The van der Waals surface area contributed by atoms with Gasteiger partial charge in [-0.3, -0.25) is 20.0 Å². The van der Waals surface area contributed by atoms with Gasteiger partial charge in [-0.25, -0.2) is 11.7 Å². The predicted molar refractivity (Wildman–Crippen MR) is 121 cm³/mol. The van der Waals surface area contributed by atoms with Gasteiger partial charge in [0.05, 0.1) is 5.92 Å². The highest BCUT2D eigenvalue weighted by Crippen LogP contribution is 2.14. The minimum Gasteiger partial charge on any atom is -0.294 e. The van der Waals surface area contributed by atoms with Crippen molar-refractivity contribution in [3.8, 4) is 0 Å². The molecule has 6 nitrogen and oxygen atoms in total. The lowest BCUT2D eigenvalue weighted by molar-refractivity contribution is -0.135. The van der Waals surface area contributed by atoms with Crippen LogP contribution >= 0.6 is 0 Å². The van der Waals surface area contributed by atoms with Crippen molar-refractivity contribution >= 4 is 11.8 Å². The van der Waals surface area contributed by atoms with Gasteiger partial charge in [-0.2, -0.15) is 0 Å². The molecule has 6 heteroatoms. The molecule has 29 heavy (non-hydrogen) atoms. The van der Waals surface area contributed by atoms with Crippen LogP contribution in [0.1, 0.15) is 110 Å². The Morgan fingerprint density at radius 3 is 1.72 bits per heavy atom. The lowest BCUT2D eigenvalue weighted by Gasteiger charge is -2.16. The molecule has 0 aliphatic heterocycles. The number of hydrogen-bond donors (Lipinski definition) is 3. The van der Waals surface area contributed by atoms with E-state index < -0.39 is 5.92 Å². The van der Waals surface area contributed by atoms with E-state index in [9.17, 15) is 9.59 Å². The van der Waals surface area contributed by atoms with Crippen LogP contribution in [0.4, 0.5) is 0 Å². The van der Waals surface area contributed by atoms with Gasteiger partial charge in [0.1, 0.15) is 0 Å². The molecular formula is C23H46N4O2. The molecule has 0 aromatic rings. The molecule has 0 heterocycles. The quantitative estimate of drug-likeness (QED) is 0.0940. The average Bonchev–Trinajstić information content (AvgIpc) is 2.71. The number of nitrogens with two attached hydrogens (primary N) is 2. The summed E-state index contributed by atoms with van der Waals surface area (Å²) in [5.74, 6) is 9.40. The fraction of sp³-hybridized carbons (Fsp3) is 0.826. The Bertz CT molecular complexity index is 439.